The Morgan fingerprint density at radius 1 is 1.32 bits per heavy atom. The number of phenols is 1. The standard InChI is InChI=1S/C13H17N3O2S/c1-16(2)13-15-12(18-3)11(19-13)8-14-9-4-6-10(17)7-5-9/h4-7,14,17H,8H2,1-3H3. The van der Waals surface area contributed by atoms with Gasteiger partial charge < -0.3 is 20.1 Å². The molecule has 0 aliphatic heterocycles. The van der Waals surface area contributed by atoms with E-state index in [1.807, 2.05) is 31.1 Å². The van der Waals surface area contributed by atoms with Crippen molar-refractivity contribution in [3.8, 4) is 11.6 Å². The summed E-state index contributed by atoms with van der Waals surface area (Å²) < 4.78 is 5.28. The molecule has 19 heavy (non-hydrogen) atoms. The maximum Gasteiger partial charge on any atom is 0.231 e. The van der Waals surface area contributed by atoms with Crippen LogP contribution in [0.1, 0.15) is 4.88 Å². The predicted molar refractivity (Wildman–Crippen MR) is 78.4 cm³/mol. The molecule has 6 heteroatoms. The fourth-order valence-electron chi connectivity index (χ4n) is 1.55. The van der Waals surface area contributed by atoms with Crippen LogP contribution in [-0.2, 0) is 6.54 Å². The third-order valence-corrected chi connectivity index (χ3v) is 3.75. The van der Waals surface area contributed by atoms with Gasteiger partial charge >= 0.3 is 0 Å². The Hall–Kier alpha value is -1.95. The molecule has 0 amide bonds. The van der Waals surface area contributed by atoms with Gasteiger partial charge in [-0.2, -0.15) is 4.98 Å². The number of aromatic hydroxyl groups is 1. The molecule has 2 aromatic rings. The monoisotopic (exact) mass is 279 g/mol. The van der Waals surface area contributed by atoms with Gasteiger partial charge in [0.2, 0.25) is 5.88 Å². The lowest BCUT2D eigenvalue weighted by atomic mass is 10.3. The highest BCUT2D eigenvalue weighted by Crippen LogP contribution is 2.31. The first-order valence-corrected chi connectivity index (χ1v) is 6.65. The number of nitrogens with zero attached hydrogens (tertiary/aromatic N) is 2. The van der Waals surface area contributed by atoms with Crippen LogP contribution < -0.4 is 15.0 Å². The molecule has 0 saturated carbocycles. The Balaban J connectivity index is 2.08. The smallest absolute Gasteiger partial charge is 0.231 e. The van der Waals surface area contributed by atoms with Crippen LogP contribution >= 0.6 is 11.3 Å². The molecule has 0 radical (unpaired) electrons. The number of hydrogen-bond donors (Lipinski definition) is 2. The van der Waals surface area contributed by atoms with Crippen molar-refractivity contribution in [1.29, 1.82) is 0 Å². The van der Waals surface area contributed by atoms with E-state index in [9.17, 15) is 5.11 Å². The van der Waals surface area contributed by atoms with Crippen molar-refractivity contribution in [3.05, 3.63) is 29.1 Å². The number of ether oxygens (including phenoxy) is 1. The van der Waals surface area contributed by atoms with Gasteiger partial charge in [0, 0.05) is 19.8 Å². The zero-order valence-electron chi connectivity index (χ0n) is 11.2. The molecule has 0 unspecified atom stereocenters. The first-order chi connectivity index (χ1) is 9.10. The van der Waals surface area contributed by atoms with Crippen molar-refractivity contribution in [2.24, 2.45) is 0 Å². The van der Waals surface area contributed by atoms with Crippen molar-refractivity contribution >= 4 is 22.2 Å². The van der Waals surface area contributed by atoms with Crippen molar-refractivity contribution in [1.82, 2.24) is 4.98 Å². The van der Waals surface area contributed by atoms with E-state index in [2.05, 4.69) is 10.3 Å². The van der Waals surface area contributed by atoms with Gasteiger partial charge in [0.25, 0.3) is 0 Å². The summed E-state index contributed by atoms with van der Waals surface area (Å²) in [6.07, 6.45) is 0. The first kappa shape index (κ1) is 13.5. The summed E-state index contributed by atoms with van der Waals surface area (Å²) in [5, 5.41) is 13.4. The van der Waals surface area contributed by atoms with Gasteiger partial charge in [-0.25, -0.2) is 0 Å². The summed E-state index contributed by atoms with van der Waals surface area (Å²) in [5.74, 6) is 0.913. The largest absolute Gasteiger partial charge is 0.508 e. The second kappa shape index (κ2) is 5.79. The molecule has 2 rings (SSSR count). The van der Waals surface area contributed by atoms with Crippen molar-refractivity contribution < 1.29 is 9.84 Å². The number of anilines is 2. The Kier molecular flexibility index (Phi) is 4.11. The molecule has 102 valence electrons. The van der Waals surface area contributed by atoms with Crippen molar-refractivity contribution in [2.75, 3.05) is 31.4 Å². The van der Waals surface area contributed by atoms with Crippen LogP contribution in [0.15, 0.2) is 24.3 Å². The van der Waals surface area contributed by atoms with E-state index in [0.29, 0.717) is 12.4 Å². The van der Waals surface area contributed by atoms with E-state index in [-0.39, 0.29) is 5.75 Å². The zero-order chi connectivity index (χ0) is 13.8. The fourth-order valence-corrected chi connectivity index (χ4v) is 2.44. The highest BCUT2D eigenvalue weighted by atomic mass is 32.1. The van der Waals surface area contributed by atoms with Crippen LogP contribution in [0.5, 0.6) is 11.6 Å². The number of phenolic OH excluding ortho intramolecular Hbond substituents is 1. The van der Waals surface area contributed by atoms with E-state index < -0.39 is 0 Å². The number of methoxy groups -OCH3 is 1. The summed E-state index contributed by atoms with van der Waals surface area (Å²) in [5.41, 5.74) is 0.944. The lowest BCUT2D eigenvalue weighted by molar-refractivity contribution is 0.397. The second-order valence-corrected chi connectivity index (χ2v) is 5.29. The number of nitrogens with one attached hydrogen (secondary N) is 1. The first-order valence-electron chi connectivity index (χ1n) is 5.84. The molecule has 0 aliphatic rings. The second-order valence-electron chi connectivity index (χ2n) is 4.22. The third kappa shape index (κ3) is 3.29. The van der Waals surface area contributed by atoms with E-state index in [0.717, 1.165) is 15.7 Å². The van der Waals surface area contributed by atoms with Gasteiger partial charge in [0.15, 0.2) is 5.13 Å². The minimum absolute atomic E-state index is 0.260. The Bertz CT molecular complexity index is 537. The number of benzene rings is 1. The molecule has 1 aromatic heterocycles. The molecule has 0 fully saturated rings. The summed E-state index contributed by atoms with van der Waals surface area (Å²) in [4.78, 5) is 7.39. The fraction of sp³-hybridized carbons (Fsp3) is 0.308. The Morgan fingerprint density at radius 3 is 2.58 bits per heavy atom. The molecule has 0 saturated heterocycles. The van der Waals surface area contributed by atoms with Gasteiger partial charge in [-0.15, -0.1) is 0 Å². The average Bonchev–Trinajstić information content (AvgIpc) is 2.81. The molecule has 5 nitrogen and oxygen atoms in total. The van der Waals surface area contributed by atoms with Gasteiger partial charge in [-0.3, -0.25) is 0 Å². The molecule has 2 N–H and O–H groups in total. The van der Waals surface area contributed by atoms with Crippen LogP contribution in [0.4, 0.5) is 10.8 Å². The van der Waals surface area contributed by atoms with Crippen LogP contribution in [-0.4, -0.2) is 31.3 Å². The predicted octanol–water partition coefficient (Wildman–Crippen LogP) is 2.54. The number of thiazole rings is 1. The van der Waals surface area contributed by atoms with Gasteiger partial charge in [0.1, 0.15) is 5.75 Å². The van der Waals surface area contributed by atoms with Crippen LogP contribution in [0.25, 0.3) is 0 Å². The average molecular weight is 279 g/mol. The number of hydrogen-bond acceptors (Lipinski definition) is 6. The van der Waals surface area contributed by atoms with Crippen molar-refractivity contribution in [2.45, 2.75) is 6.54 Å². The zero-order valence-corrected chi connectivity index (χ0v) is 12.0. The maximum absolute atomic E-state index is 9.23. The topological polar surface area (TPSA) is 57.6 Å². The van der Waals surface area contributed by atoms with Crippen LogP contribution in [0.2, 0.25) is 0 Å². The van der Waals surface area contributed by atoms with Gasteiger partial charge in [0.05, 0.1) is 18.5 Å². The molecule has 1 aromatic carbocycles. The lowest BCUT2D eigenvalue weighted by Crippen LogP contribution is -2.07. The molecular formula is C13H17N3O2S. The summed E-state index contributed by atoms with van der Waals surface area (Å²) in [7, 11) is 5.53. The lowest BCUT2D eigenvalue weighted by Gasteiger charge is -2.06. The third-order valence-electron chi connectivity index (χ3n) is 2.55. The highest BCUT2D eigenvalue weighted by molar-refractivity contribution is 7.15. The summed E-state index contributed by atoms with van der Waals surface area (Å²) in [6, 6.07) is 6.96. The minimum atomic E-state index is 0.260. The quantitative estimate of drug-likeness (QED) is 0.824. The van der Waals surface area contributed by atoms with E-state index in [4.69, 9.17) is 4.74 Å². The highest BCUT2D eigenvalue weighted by Gasteiger charge is 2.12. The normalized spacial score (nSPS) is 10.3. The number of rotatable bonds is 5. The molecule has 0 bridgehead atoms. The van der Waals surface area contributed by atoms with Crippen LogP contribution in [0.3, 0.4) is 0 Å². The molecule has 0 spiro atoms. The van der Waals surface area contributed by atoms with E-state index in [1.165, 1.54) is 0 Å². The van der Waals surface area contributed by atoms with Crippen molar-refractivity contribution in [3.63, 3.8) is 0 Å². The Labute approximate surface area is 116 Å². The van der Waals surface area contributed by atoms with E-state index in [1.54, 1.807) is 30.6 Å². The van der Waals surface area contributed by atoms with Crippen LogP contribution in [0, 0.1) is 0 Å². The number of aromatic nitrogens is 1. The maximum atomic E-state index is 9.23. The molecule has 1 heterocycles. The molecular weight excluding hydrogens is 262 g/mol. The minimum Gasteiger partial charge on any atom is -0.508 e. The van der Waals surface area contributed by atoms with E-state index >= 15 is 0 Å². The summed E-state index contributed by atoms with van der Waals surface area (Å²) >= 11 is 1.59. The summed E-state index contributed by atoms with van der Waals surface area (Å²) in [6.45, 7) is 0.638. The van der Waals surface area contributed by atoms with Gasteiger partial charge in [-0.05, 0) is 24.3 Å². The van der Waals surface area contributed by atoms with Gasteiger partial charge in [-0.1, -0.05) is 11.3 Å². The molecule has 0 atom stereocenters. The Morgan fingerprint density at radius 2 is 2.00 bits per heavy atom. The molecule has 0 aliphatic carbocycles. The SMILES string of the molecule is COc1nc(N(C)C)sc1CNc1ccc(O)cc1.